The summed E-state index contributed by atoms with van der Waals surface area (Å²) in [6, 6.07) is 13.1. The fraction of sp³-hybridized carbons (Fsp3) is 0.385. The van der Waals surface area contributed by atoms with Gasteiger partial charge >= 0.3 is 0 Å². The number of aryl methyl sites for hydroxylation is 2. The van der Waals surface area contributed by atoms with Crippen LogP contribution < -0.4 is 4.57 Å². The topological polar surface area (TPSA) is 29.9 Å². The maximum absolute atomic E-state index is 6.37. The smallest absolute Gasteiger partial charge is 0.227 e. The Morgan fingerprint density at radius 3 is 2.31 bits per heavy atom. The number of nitrogens with zero attached hydrogens (tertiary/aromatic N) is 2. The van der Waals surface area contributed by atoms with Gasteiger partial charge in [-0.3, -0.25) is 0 Å². The molecule has 3 heterocycles. The van der Waals surface area contributed by atoms with Crippen LogP contribution in [0.25, 0.3) is 33.3 Å². The molecular formula is C26H31N2O+. The zero-order chi connectivity index (χ0) is 20.7. The minimum Gasteiger partial charge on any atom is -0.437 e. The second-order valence-electron chi connectivity index (χ2n) is 9.12. The zero-order valence-electron chi connectivity index (χ0n) is 18.4. The Kier molecular flexibility index (Phi) is 5.16. The molecule has 0 bridgehead atoms. The van der Waals surface area contributed by atoms with Crippen molar-refractivity contribution in [1.82, 2.24) is 4.98 Å². The van der Waals surface area contributed by atoms with Gasteiger partial charge in [0.1, 0.15) is 7.05 Å². The Morgan fingerprint density at radius 2 is 1.62 bits per heavy atom. The molecule has 0 unspecified atom stereocenters. The summed E-state index contributed by atoms with van der Waals surface area (Å²) in [5, 5.41) is 2.23. The Hall–Kier alpha value is -2.68. The van der Waals surface area contributed by atoms with Crippen LogP contribution >= 0.6 is 0 Å². The van der Waals surface area contributed by atoms with Crippen molar-refractivity contribution in [3.8, 4) is 11.3 Å². The normalized spacial score (nSPS) is 12.0. The molecule has 0 aliphatic carbocycles. The summed E-state index contributed by atoms with van der Waals surface area (Å²) in [6.07, 6.45) is 4.30. The number of rotatable bonds is 5. The third-order valence-corrected chi connectivity index (χ3v) is 5.49. The second kappa shape index (κ2) is 7.62. The largest absolute Gasteiger partial charge is 0.437 e. The summed E-state index contributed by atoms with van der Waals surface area (Å²) >= 11 is 0. The molecule has 3 aromatic heterocycles. The molecule has 0 amide bonds. The standard InChI is InChI=1S/C26H31N2O/c1-16(2)13-19-8-12-23(28(6)15-19)24-18(5)7-10-21-22-11-9-20(14-17(3)4)27-26(22)29-25(21)24/h7-12,15-17H,13-14H2,1-6H3/q+1. The fourth-order valence-corrected chi connectivity index (χ4v) is 4.22. The molecule has 29 heavy (non-hydrogen) atoms. The van der Waals surface area contributed by atoms with E-state index in [1.54, 1.807) is 0 Å². The van der Waals surface area contributed by atoms with E-state index in [9.17, 15) is 0 Å². The van der Waals surface area contributed by atoms with Crippen LogP contribution in [-0.4, -0.2) is 4.98 Å². The lowest BCUT2D eigenvalue weighted by Gasteiger charge is -2.08. The van der Waals surface area contributed by atoms with E-state index in [4.69, 9.17) is 9.40 Å². The first-order valence-corrected chi connectivity index (χ1v) is 10.6. The first kappa shape index (κ1) is 19.6. The van der Waals surface area contributed by atoms with E-state index in [0.29, 0.717) is 11.8 Å². The van der Waals surface area contributed by atoms with Gasteiger partial charge in [0.2, 0.25) is 11.4 Å². The zero-order valence-corrected chi connectivity index (χ0v) is 18.4. The number of aromatic nitrogens is 2. The third-order valence-electron chi connectivity index (χ3n) is 5.49. The van der Waals surface area contributed by atoms with Crippen molar-refractivity contribution < 1.29 is 8.98 Å². The van der Waals surface area contributed by atoms with E-state index in [2.05, 4.69) is 88.8 Å². The van der Waals surface area contributed by atoms with Gasteiger partial charge in [0.25, 0.3) is 0 Å². The van der Waals surface area contributed by atoms with Crippen LogP contribution in [0.1, 0.15) is 44.5 Å². The lowest BCUT2D eigenvalue weighted by Crippen LogP contribution is -2.31. The summed E-state index contributed by atoms with van der Waals surface area (Å²) in [7, 11) is 2.12. The molecule has 3 heteroatoms. The van der Waals surface area contributed by atoms with E-state index in [-0.39, 0.29) is 0 Å². The van der Waals surface area contributed by atoms with Crippen molar-refractivity contribution in [2.45, 2.75) is 47.5 Å². The van der Waals surface area contributed by atoms with Gasteiger partial charge in [0.05, 0.1) is 5.56 Å². The van der Waals surface area contributed by atoms with Gasteiger partial charge in [-0.1, -0.05) is 39.8 Å². The number of fused-ring (bicyclic) bond motifs is 3. The van der Waals surface area contributed by atoms with Crippen LogP contribution in [0.2, 0.25) is 0 Å². The maximum atomic E-state index is 6.37. The maximum Gasteiger partial charge on any atom is 0.227 e. The van der Waals surface area contributed by atoms with Crippen molar-refractivity contribution in [1.29, 1.82) is 0 Å². The number of furan rings is 1. The lowest BCUT2D eigenvalue weighted by molar-refractivity contribution is -0.660. The summed E-state index contributed by atoms with van der Waals surface area (Å²) in [5.74, 6) is 1.22. The van der Waals surface area contributed by atoms with Gasteiger partial charge in [-0.25, -0.2) is 9.55 Å². The Morgan fingerprint density at radius 1 is 0.897 bits per heavy atom. The average Bonchev–Trinajstić information content (AvgIpc) is 2.99. The monoisotopic (exact) mass is 387 g/mol. The van der Waals surface area contributed by atoms with Crippen molar-refractivity contribution in [2.75, 3.05) is 0 Å². The molecule has 4 rings (SSSR count). The SMILES string of the molecule is Cc1ccc2c(oc3nc(CC(C)C)ccc32)c1-c1ccc(CC(C)C)c[n+]1C. The van der Waals surface area contributed by atoms with Crippen molar-refractivity contribution >= 4 is 22.1 Å². The van der Waals surface area contributed by atoms with Gasteiger partial charge in [-0.15, -0.1) is 0 Å². The van der Waals surface area contributed by atoms with E-state index in [1.165, 1.54) is 16.8 Å². The second-order valence-corrected chi connectivity index (χ2v) is 9.12. The predicted octanol–water partition coefficient (Wildman–Crippen LogP) is 6.18. The fourth-order valence-electron chi connectivity index (χ4n) is 4.22. The molecule has 0 aliphatic heterocycles. The van der Waals surface area contributed by atoms with Crippen LogP contribution in [0.4, 0.5) is 0 Å². The van der Waals surface area contributed by atoms with Gasteiger partial charge < -0.3 is 4.42 Å². The van der Waals surface area contributed by atoms with Crippen molar-refractivity contribution in [2.24, 2.45) is 18.9 Å². The van der Waals surface area contributed by atoms with E-state index >= 15 is 0 Å². The lowest BCUT2D eigenvalue weighted by atomic mass is 9.99. The molecule has 0 atom stereocenters. The molecule has 4 aromatic rings. The highest BCUT2D eigenvalue weighted by Crippen LogP contribution is 2.36. The molecule has 0 aliphatic rings. The molecule has 0 saturated carbocycles. The molecule has 150 valence electrons. The van der Waals surface area contributed by atoms with Crippen LogP contribution in [-0.2, 0) is 19.9 Å². The molecule has 0 radical (unpaired) electrons. The molecule has 1 aromatic carbocycles. The Labute approximate surface area is 173 Å². The predicted molar refractivity (Wildman–Crippen MR) is 120 cm³/mol. The Balaban J connectivity index is 1.89. The summed E-state index contributed by atoms with van der Waals surface area (Å²) in [5.41, 5.74) is 7.66. The molecule has 0 saturated heterocycles. The number of benzene rings is 1. The van der Waals surface area contributed by atoms with Gasteiger partial charge in [0, 0.05) is 28.1 Å². The summed E-state index contributed by atoms with van der Waals surface area (Å²) in [4.78, 5) is 4.81. The highest BCUT2D eigenvalue weighted by atomic mass is 16.3. The Bertz CT molecular complexity index is 1180. The third kappa shape index (κ3) is 3.78. The molecule has 0 spiro atoms. The number of hydrogen-bond acceptors (Lipinski definition) is 2. The molecule has 0 N–H and O–H groups in total. The van der Waals surface area contributed by atoms with Crippen LogP contribution in [0, 0.1) is 18.8 Å². The van der Waals surface area contributed by atoms with Gasteiger partial charge in [0.15, 0.2) is 11.8 Å². The quantitative estimate of drug-likeness (QED) is 0.383. The summed E-state index contributed by atoms with van der Waals surface area (Å²) < 4.78 is 8.59. The average molecular weight is 388 g/mol. The van der Waals surface area contributed by atoms with E-state index in [1.807, 2.05) is 0 Å². The number of hydrogen-bond donors (Lipinski definition) is 0. The van der Waals surface area contributed by atoms with Crippen LogP contribution in [0.15, 0.2) is 47.0 Å². The van der Waals surface area contributed by atoms with Crippen LogP contribution in [0.5, 0.6) is 0 Å². The molecular weight excluding hydrogens is 356 g/mol. The van der Waals surface area contributed by atoms with Gasteiger partial charge in [-0.05, 0) is 55.4 Å². The van der Waals surface area contributed by atoms with Crippen molar-refractivity contribution in [3.63, 3.8) is 0 Å². The van der Waals surface area contributed by atoms with E-state index in [0.717, 1.165) is 46.2 Å². The van der Waals surface area contributed by atoms with Gasteiger partial charge in [-0.2, -0.15) is 0 Å². The first-order chi connectivity index (χ1) is 13.8. The summed E-state index contributed by atoms with van der Waals surface area (Å²) in [6.45, 7) is 11.1. The molecule has 0 fully saturated rings. The first-order valence-electron chi connectivity index (χ1n) is 10.6. The highest BCUT2D eigenvalue weighted by Gasteiger charge is 2.21. The highest BCUT2D eigenvalue weighted by molar-refractivity contribution is 6.08. The van der Waals surface area contributed by atoms with Crippen LogP contribution in [0.3, 0.4) is 0 Å². The minimum atomic E-state index is 0.575. The minimum absolute atomic E-state index is 0.575. The van der Waals surface area contributed by atoms with Crippen molar-refractivity contribution in [3.05, 3.63) is 59.4 Å². The number of pyridine rings is 2. The molecule has 3 nitrogen and oxygen atoms in total. The van der Waals surface area contributed by atoms with E-state index < -0.39 is 0 Å².